The summed E-state index contributed by atoms with van der Waals surface area (Å²) in [4.78, 5) is 30.4. The fraction of sp³-hybridized carbons (Fsp3) is 0.125. The van der Waals surface area contributed by atoms with E-state index >= 15 is 0 Å². The molecule has 0 bridgehead atoms. The Kier molecular flexibility index (Phi) is 6.78. The molecule has 34 heavy (non-hydrogen) atoms. The van der Waals surface area contributed by atoms with E-state index in [0.29, 0.717) is 34.2 Å². The summed E-state index contributed by atoms with van der Waals surface area (Å²) in [6.07, 6.45) is 0. The number of aromatic nitrogens is 2. The van der Waals surface area contributed by atoms with Crippen LogP contribution < -0.4 is 20.3 Å². The highest BCUT2D eigenvalue weighted by Crippen LogP contribution is 2.30. The maximum absolute atomic E-state index is 13.9. The first-order chi connectivity index (χ1) is 16.4. The summed E-state index contributed by atoms with van der Waals surface area (Å²) in [5.74, 6) is -1.44. The van der Waals surface area contributed by atoms with Crippen LogP contribution in [0.3, 0.4) is 0 Å². The number of thioether (sulfide) groups is 1. The molecule has 0 radical (unpaired) electrons. The Hall–Kier alpha value is -3.92. The normalized spacial score (nSPS) is 10.8. The quantitative estimate of drug-likeness (QED) is 0.310. The molecule has 0 fully saturated rings. The highest BCUT2D eigenvalue weighted by atomic mass is 32.2. The molecule has 1 aromatic heterocycles. The number of para-hydroxylation sites is 1. The van der Waals surface area contributed by atoms with Crippen molar-refractivity contribution in [2.24, 2.45) is 0 Å². The van der Waals surface area contributed by atoms with Gasteiger partial charge in [-0.15, -0.1) is 0 Å². The Morgan fingerprint density at radius 3 is 2.53 bits per heavy atom. The molecule has 1 N–H and O–H groups in total. The molecule has 0 saturated carbocycles. The van der Waals surface area contributed by atoms with E-state index in [1.165, 1.54) is 18.8 Å². The molecular weight excluding hydrogens is 464 g/mol. The maximum atomic E-state index is 13.9. The van der Waals surface area contributed by atoms with Gasteiger partial charge in [0.2, 0.25) is 5.91 Å². The smallest absolute Gasteiger partial charge is 0.266 e. The van der Waals surface area contributed by atoms with Gasteiger partial charge in [-0.3, -0.25) is 14.2 Å². The van der Waals surface area contributed by atoms with Crippen molar-refractivity contribution in [3.8, 4) is 17.2 Å². The number of benzene rings is 3. The number of rotatable bonds is 7. The summed E-state index contributed by atoms with van der Waals surface area (Å²) in [6, 6.07) is 14.7. The van der Waals surface area contributed by atoms with Gasteiger partial charge in [-0.25, -0.2) is 13.8 Å². The first kappa shape index (κ1) is 23.2. The third-order valence-corrected chi connectivity index (χ3v) is 5.85. The maximum Gasteiger partial charge on any atom is 0.266 e. The van der Waals surface area contributed by atoms with Crippen molar-refractivity contribution >= 4 is 34.3 Å². The summed E-state index contributed by atoms with van der Waals surface area (Å²) in [5.41, 5.74) is 0.464. The largest absolute Gasteiger partial charge is 0.493 e. The molecule has 0 unspecified atom stereocenters. The number of ether oxygens (including phenoxy) is 2. The zero-order chi connectivity index (χ0) is 24.2. The third kappa shape index (κ3) is 4.72. The number of methoxy groups -OCH3 is 2. The lowest BCUT2D eigenvalue weighted by Gasteiger charge is -2.15. The molecule has 3 aromatic carbocycles. The van der Waals surface area contributed by atoms with Crippen LogP contribution in [0.5, 0.6) is 11.5 Å². The van der Waals surface area contributed by atoms with E-state index in [0.717, 1.165) is 23.9 Å². The van der Waals surface area contributed by atoms with Crippen molar-refractivity contribution < 1.29 is 23.0 Å². The fourth-order valence-corrected chi connectivity index (χ4v) is 4.12. The topological polar surface area (TPSA) is 82.5 Å². The van der Waals surface area contributed by atoms with Crippen LogP contribution in [0.4, 0.5) is 14.5 Å². The van der Waals surface area contributed by atoms with Crippen LogP contribution in [0.15, 0.2) is 70.6 Å². The van der Waals surface area contributed by atoms with Crippen molar-refractivity contribution in [1.29, 1.82) is 0 Å². The van der Waals surface area contributed by atoms with Crippen molar-refractivity contribution in [1.82, 2.24) is 9.55 Å². The minimum Gasteiger partial charge on any atom is -0.493 e. The molecule has 0 saturated heterocycles. The van der Waals surface area contributed by atoms with Crippen LogP contribution in [0, 0.1) is 11.6 Å². The van der Waals surface area contributed by atoms with Crippen molar-refractivity contribution in [3.63, 3.8) is 0 Å². The van der Waals surface area contributed by atoms with Gasteiger partial charge in [0, 0.05) is 12.1 Å². The summed E-state index contributed by atoms with van der Waals surface area (Å²) < 4.78 is 39.0. The van der Waals surface area contributed by atoms with E-state index in [1.54, 1.807) is 42.5 Å². The number of nitrogens with zero attached hydrogens (tertiary/aromatic N) is 2. The lowest BCUT2D eigenvalue weighted by molar-refractivity contribution is -0.113. The van der Waals surface area contributed by atoms with Gasteiger partial charge in [0.1, 0.15) is 11.6 Å². The highest BCUT2D eigenvalue weighted by molar-refractivity contribution is 7.99. The van der Waals surface area contributed by atoms with Crippen molar-refractivity contribution in [2.75, 3.05) is 25.3 Å². The number of anilines is 1. The van der Waals surface area contributed by atoms with E-state index in [2.05, 4.69) is 10.3 Å². The second-order valence-electron chi connectivity index (χ2n) is 7.05. The molecule has 4 rings (SSSR count). The molecule has 1 heterocycles. The second kappa shape index (κ2) is 9.92. The van der Waals surface area contributed by atoms with Crippen LogP contribution in [-0.2, 0) is 4.79 Å². The summed E-state index contributed by atoms with van der Waals surface area (Å²) >= 11 is 1.00. The molecule has 174 valence electrons. The van der Waals surface area contributed by atoms with Crippen LogP contribution >= 0.6 is 11.8 Å². The molecule has 0 aliphatic rings. The first-order valence-electron chi connectivity index (χ1n) is 10.0. The molecule has 0 aliphatic heterocycles. The number of hydrogen-bond donors (Lipinski definition) is 1. The number of hydrogen-bond acceptors (Lipinski definition) is 6. The summed E-state index contributed by atoms with van der Waals surface area (Å²) in [6.45, 7) is 0. The highest BCUT2D eigenvalue weighted by Gasteiger charge is 2.17. The number of carbonyl (C=O) groups is 1. The van der Waals surface area contributed by atoms with Gasteiger partial charge >= 0.3 is 0 Å². The zero-order valence-electron chi connectivity index (χ0n) is 18.2. The average Bonchev–Trinajstić information content (AvgIpc) is 2.84. The summed E-state index contributed by atoms with van der Waals surface area (Å²) in [7, 11) is 2.99. The lowest BCUT2D eigenvalue weighted by Crippen LogP contribution is -2.23. The standard InChI is InChI=1S/C24H19F2N3O4S/c1-32-20-10-8-15(12-21(20)33-2)29-23(31)16-5-3-4-6-18(16)28-24(29)34-13-22(30)27-19-9-7-14(25)11-17(19)26/h3-12H,13H2,1-2H3,(H,27,30). The first-order valence-corrected chi connectivity index (χ1v) is 11.0. The van der Waals surface area contributed by atoms with Gasteiger partial charge in [-0.1, -0.05) is 23.9 Å². The minimum atomic E-state index is -0.885. The second-order valence-corrected chi connectivity index (χ2v) is 7.99. The van der Waals surface area contributed by atoms with Crippen LogP contribution in [-0.4, -0.2) is 35.4 Å². The molecule has 0 spiro atoms. The number of halogens is 2. The Morgan fingerprint density at radius 2 is 1.79 bits per heavy atom. The number of fused-ring (bicyclic) bond motifs is 1. The molecule has 0 aliphatic carbocycles. The molecule has 10 heteroatoms. The van der Waals surface area contributed by atoms with Crippen LogP contribution in [0.2, 0.25) is 0 Å². The lowest BCUT2D eigenvalue weighted by atomic mass is 10.2. The fourth-order valence-electron chi connectivity index (χ4n) is 3.31. The predicted molar refractivity (Wildman–Crippen MR) is 126 cm³/mol. The number of nitrogens with one attached hydrogen (secondary N) is 1. The van der Waals surface area contributed by atoms with Crippen LogP contribution in [0.1, 0.15) is 0 Å². The third-order valence-electron chi connectivity index (χ3n) is 4.91. The van der Waals surface area contributed by atoms with Gasteiger partial charge in [-0.05, 0) is 36.4 Å². The number of carbonyl (C=O) groups excluding carboxylic acids is 1. The van der Waals surface area contributed by atoms with E-state index < -0.39 is 17.5 Å². The number of amides is 1. The van der Waals surface area contributed by atoms with Gasteiger partial charge < -0.3 is 14.8 Å². The molecule has 7 nitrogen and oxygen atoms in total. The molecule has 1 amide bonds. The minimum absolute atomic E-state index is 0.143. The van der Waals surface area contributed by atoms with E-state index in [4.69, 9.17) is 9.47 Å². The van der Waals surface area contributed by atoms with Crippen LogP contribution in [0.25, 0.3) is 16.6 Å². The van der Waals surface area contributed by atoms with E-state index in [9.17, 15) is 18.4 Å². The van der Waals surface area contributed by atoms with Crippen molar-refractivity contribution in [2.45, 2.75) is 5.16 Å². The van der Waals surface area contributed by atoms with Gasteiger partial charge in [0.25, 0.3) is 5.56 Å². The van der Waals surface area contributed by atoms with E-state index in [1.807, 2.05) is 0 Å². The Bertz CT molecular complexity index is 1440. The van der Waals surface area contributed by atoms with E-state index in [-0.39, 0.29) is 22.2 Å². The zero-order valence-corrected chi connectivity index (χ0v) is 19.0. The average molecular weight is 483 g/mol. The Balaban J connectivity index is 1.70. The van der Waals surface area contributed by atoms with Gasteiger partial charge in [-0.2, -0.15) is 0 Å². The summed E-state index contributed by atoms with van der Waals surface area (Å²) in [5, 5.41) is 3.06. The predicted octanol–water partition coefficient (Wildman–Crippen LogP) is 4.41. The van der Waals surface area contributed by atoms with Gasteiger partial charge in [0.15, 0.2) is 16.7 Å². The Morgan fingerprint density at radius 1 is 1.03 bits per heavy atom. The molecular formula is C24H19F2N3O4S. The molecule has 0 atom stereocenters. The SMILES string of the molecule is COc1ccc(-n2c(SCC(=O)Nc3ccc(F)cc3F)nc3ccccc3c2=O)cc1OC. The molecule has 4 aromatic rings. The van der Waals surface area contributed by atoms with Crippen molar-refractivity contribution in [3.05, 3.63) is 82.7 Å². The Labute approximate surface area is 197 Å². The monoisotopic (exact) mass is 483 g/mol. The van der Waals surface area contributed by atoms with Gasteiger partial charge in [0.05, 0.1) is 42.3 Å².